The molecule has 1 heterocycles. The van der Waals surface area contributed by atoms with Gasteiger partial charge in [0.05, 0.1) is 6.04 Å². The van der Waals surface area contributed by atoms with Gasteiger partial charge in [-0.1, -0.05) is 25.4 Å². The molecule has 3 rings (SSSR count). The topological polar surface area (TPSA) is 51.0 Å². The van der Waals surface area contributed by atoms with Gasteiger partial charge in [0.1, 0.15) is 0 Å². The zero-order valence-corrected chi connectivity index (χ0v) is 13.1. The van der Waals surface area contributed by atoms with Crippen LogP contribution < -0.4 is 5.32 Å². The molecule has 4 nitrogen and oxygen atoms in total. The minimum Gasteiger partial charge on any atom is -0.338 e. The molecule has 0 radical (unpaired) electrons. The van der Waals surface area contributed by atoms with E-state index in [0.29, 0.717) is 12.0 Å². The minimum atomic E-state index is 0.143. The van der Waals surface area contributed by atoms with Gasteiger partial charge >= 0.3 is 0 Å². The molecule has 0 spiro atoms. The van der Waals surface area contributed by atoms with Crippen LogP contribution in [0.2, 0.25) is 0 Å². The van der Waals surface area contributed by atoms with Gasteiger partial charge in [-0.15, -0.1) is 0 Å². The highest BCUT2D eigenvalue weighted by molar-refractivity contribution is 4.98. The molecule has 2 saturated carbocycles. The smallest absolute Gasteiger partial charge is 0.243 e. The summed E-state index contributed by atoms with van der Waals surface area (Å²) in [6.07, 6.45) is 5.77. The van der Waals surface area contributed by atoms with Crippen LogP contribution in [0.15, 0.2) is 4.52 Å². The third kappa shape index (κ3) is 2.62. The quantitative estimate of drug-likeness (QED) is 0.892. The largest absolute Gasteiger partial charge is 0.338 e. The van der Waals surface area contributed by atoms with E-state index in [1.54, 1.807) is 0 Å². The maximum absolute atomic E-state index is 5.39. The minimum absolute atomic E-state index is 0.143. The Morgan fingerprint density at radius 2 is 1.95 bits per heavy atom. The van der Waals surface area contributed by atoms with Crippen LogP contribution in [0.3, 0.4) is 0 Å². The summed E-state index contributed by atoms with van der Waals surface area (Å²) in [5.74, 6) is 4.64. The van der Waals surface area contributed by atoms with Crippen LogP contribution in [-0.4, -0.2) is 16.2 Å². The lowest BCUT2D eigenvalue weighted by Crippen LogP contribution is -2.37. The Morgan fingerprint density at radius 1 is 1.15 bits per heavy atom. The normalized spacial score (nSPS) is 31.9. The van der Waals surface area contributed by atoms with Crippen LogP contribution in [0, 0.1) is 17.8 Å². The molecule has 0 aliphatic heterocycles. The average molecular weight is 277 g/mol. The van der Waals surface area contributed by atoms with Gasteiger partial charge in [0, 0.05) is 12.0 Å². The molecular formula is C16H27N3O. The van der Waals surface area contributed by atoms with E-state index in [2.05, 4.69) is 43.2 Å². The highest BCUT2D eigenvalue weighted by Crippen LogP contribution is 2.49. The van der Waals surface area contributed by atoms with Crippen molar-refractivity contribution in [3.63, 3.8) is 0 Å². The van der Waals surface area contributed by atoms with Gasteiger partial charge in [0.25, 0.3) is 0 Å². The first-order valence-corrected chi connectivity index (χ1v) is 8.14. The van der Waals surface area contributed by atoms with E-state index in [1.165, 1.54) is 25.7 Å². The van der Waals surface area contributed by atoms with E-state index >= 15 is 0 Å². The fourth-order valence-electron chi connectivity index (χ4n) is 4.15. The fraction of sp³-hybridized carbons (Fsp3) is 0.875. The predicted octanol–water partition coefficient (Wildman–Crippen LogP) is 3.67. The van der Waals surface area contributed by atoms with Crippen molar-refractivity contribution in [1.29, 1.82) is 0 Å². The van der Waals surface area contributed by atoms with Crippen LogP contribution >= 0.6 is 0 Å². The number of nitrogens with zero attached hydrogens (tertiary/aromatic N) is 2. The lowest BCUT2D eigenvalue weighted by molar-refractivity contribution is 0.233. The van der Waals surface area contributed by atoms with Gasteiger partial charge in [-0.05, 0) is 50.9 Å². The Kier molecular flexibility index (Phi) is 3.85. The van der Waals surface area contributed by atoms with Crippen molar-refractivity contribution < 1.29 is 4.52 Å². The molecule has 5 atom stereocenters. The van der Waals surface area contributed by atoms with Gasteiger partial charge in [-0.25, -0.2) is 0 Å². The van der Waals surface area contributed by atoms with Gasteiger partial charge in [-0.3, -0.25) is 0 Å². The zero-order valence-electron chi connectivity index (χ0n) is 13.1. The van der Waals surface area contributed by atoms with Crippen molar-refractivity contribution in [3.8, 4) is 0 Å². The summed E-state index contributed by atoms with van der Waals surface area (Å²) >= 11 is 0. The molecule has 112 valence electrons. The van der Waals surface area contributed by atoms with E-state index in [-0.39, 0.29) is 6.04 Å². The first-order valence-electron chi connectivity index (χ1n) is 8.14. The second-order valence-corrected chi connectivity index (χ2v) is 7.16. The predicted molar refractivity (Wildman–Crippen MR) is 78.3 cm³/mol. The molecule has 2 fully saturated rings. The summed E-state index contributed by atoms with van der Waals surface area (Å²) in [4.78, 5) is 4.50. The Bertz CT molecular complexity index is 456. The molecule has 0 amide bonds. The highest BCUT2D eigenvalue weighted by Gasteiger charge is 2.42. The monoisotopic (exact) mass is 277 g/mol. The van der Waals surface area contributed by atoms with Crippen molar-refractivity contribution in [3.05, 3.63) is 11.7 Å². The maximum atomic E-state index is 5.39. The summed E-state index contributed by atoms with van der Waals surface area (Å²) in [5, 5.41) is 7.73. The second kappa shape index (κ2) is 5.47. The van der Waals surface area contributed by atoms with Gasteiger partial charge in [0.2, 0.25) is 5.89 Å². The Labute approximate surface area is 121 Å². The molecule has 0 aromatic carbocycles. The number of nitrogens with one attached hydrogen (secondary N) is 1. The Hall–Kier alpha value is -0.900. The summed E-state index contributed by atoms with van der Waals surface area (Å²) in [5.41, 5.74) is 0. The lowest BCUT2D eigenvalue weighted by atomic mass is 9.84. The van der Waals surface area contributed by atoms with Crippen molar-refractivity contribution in [2.24, 2.45) is 17.8 Å². The third-order valence-electron chi connectivity index (χ3n) is 5.29. The van der Waals surface area contributed by atoms with Crippen molar-refractivity contribution >= 4 is 0 Å². The van der Waals surface area contributed by atoms with Crippen LogP contribution in [0.5, 0.6) is 0 Å². The number of fused-ring (bicyclic) bond motifs is 2. The number of aromatic nitrogens is 2. The first kappa shape index (κ1) is 14.1. The van der Waals surface area contributed by atoms with E-state index < -0.39 is 0 Å². The summed E-state index contributed by atoms with van der Waals surface area (Å²) in [6.45, 7) is 8.62. The van der Waals surface area contributed by atoms with Crippen LogP contribution in [0.1, 0.15) is 77.1 Å². The van der Waals surface area contributed by atoms with Crippen molar-refractivity contribution in [2.45, 2.75) is 71.4 Å². The van der Waals surface area contributed by atoms with Crippen molar-refractivity contribution in [1.82, 2.24) is 15.5 Å². The molecule has 1 aromatic rings. The molecule has 0 saturated heterocycles. The van der Waals surface area contributed by atoms with Crippen molar-refractivity contribution in [2.75, 3.05) is 0 Å². The Balaban J connectivity index is 1.59. The maximum Gasteiger partial charge on any atom is 0.243 e. The average Bonchev–Trinajstić information content (AvgIpc) is 3.14. The molecule has 2 bridgehead atoms. The van der Waals surface area contributed by atoms with Gasteiger partial charge in [-0.2, -0.15) is 4.98 Å². The zero-order chi connectivity index (χ0) is 14.3. The van der Waals surface area contributed by atoms with E-state index in [9.17, 15) is 0 Å². The van der Waals surface area contributed by atoms with Crippen LogP contribution in [-0.2, 0) is 0 Å². The standard InChI is InChI=1S/C16H27N3O/c1-9(2)15-18-16(20-19-15)11(4)17-10(3)14-8-12-5-6-13(14)7-12/h9-14,17H,5-8H2,1-4H3/t10-,11+,12+,13+,14+/m1/s1. The SMILES string of the molecule is CC(C)c1noc([C@H](C)N[C@H](C)[C@@H]2C[C@H]3CC[C@H]2C3)n1. The molecule has 2 aliphatic carbocycles. The molecular weight excluding hydrogens is 250 g/mol. The summed E-state index contributed by atoms with van der Waals surface area (Å²) < 4.78 is 5.39. The van der Waals surface area contributed by atoms with Gasteiger partial charge < -0.3 is 9.84 Å². The molecule has 20 heavy (non-hydrogen) atoms. The fourth-order valence-corrected chi connectivity index (χ4v) is 4.15. The second-order valence-electron chi connectivity index (χ2n) is 7.16. The van der Waals surface area contributed by atoms with Crippen LogP contribution in [0.4, 0.5) is 0 Å². The van der Waals surface area contributed by atoms with Crippen LogP contribution in [0.25, 0.3) is 0 Å². The molecule has 1 aromatic heterocycles. The van der Waals surface area contributed by atoms with Gasteiger partial charge in [0.15, 0.2) is 5.82 Å². The first-order chi connectivity index (χ1) is 9.54. The number of hydrogen-bond acceptors (Lipinski definition) is 4. The molecule has 0 unspecified atom stereocenters. The highest BCUT2D eigenvalue weighted by atomic mass is 16.5. The number of rotatable bonds is 5. The number of hydrogen-bond donors (Lipinski definition) is 1. The third-order valence-corrected chi connectivity index (χ3v) is 5.29. The Morgan fingerprint density at radius 3 is 2.50 bits per heavy atom. The molecule has 2 aliphatic rings. The van der Waals surface area contributed by atoms with E-state index in [4.69, 9.17) is 4.52 Å². The lowest BCUT2D eigenvalue weighted by Gasteiger charge is -2.30. The molecule has 1 N–H and O–H groups in total. The summed E-state index contributed by atoms with van der Waals surface area (Å²) in [6, 6.07) is 0.679. The van der Waals surface area contributed by atoms with E-state index in [1.807, 2.05) is 0 Å². The van der Waals surface area contributed by atoms with E-state index in [0.717, 1.165) is 29.5 Å². The molecule has 4 heteroatoms. The summed E-state index contributed by atoms with van der Waals surface area (Å²) in [7, 11) is 0.